The first kappa shape index (κ1) is 21.7. The van der Waals surface area contributed by atoms with Crippen LogP contribution in [0.4, 0.5) is 5.69 Å². The highest BCUT2D eigenvalue weighted by Crippen LogP contribution is 2.26. The highest BCUT2D eigenvalue weighted by molar-refractivity contribution is 6.37. The lowest BCUT2D eigenvalue weighted by Gasteiger charge is -2.12. The van der Waals surface area contributed by atoms with Crippen LogP contribution < -0.4 is 10.1 Å². The SMILES string of the molecule is Cc1cccc(CCOc2ccc(NC(=O)c3ccc(Cl)cc3Cl)c(C(=O)O)c2)c1. The number of hydrogen-bond donors (Lipinski definition) is 2. The normalized spacial score (nSPS) is 10.5. The van der Waals surface area contributed by atoms with E-state index in [0.717, 1.165) is 5.56 Å². The number of carbonyl (C=O) groups is 2. The molecule has 0 aliphatic rings. The van der Waals surface area contributed by atoms with E-state index in [4.69, 9.17) is 27.9 Å². The second kappa shape index (κ2) is 9.65. The average Bonchev–Trinajstić information content (AvgIpc) is 2.68. The first-order valence-electron chi connectivity index (χ1n) is 9.15. The lowest BCUT2D eigenvalue weighted by atomic mass is 10.1. The highest BCUT2D eigenvalue weighted by Gasteiger charge is 2.17. The van der Waals surface area contributed by atoms with Crippen molar-refractivity contribution in [1.29, 1.82) is 0 Å². The number of amides is 1. The Morgan fingerprint density at radius 2 is 1.80 bits per heavy atom. The number of ether oxygens (including phenoxy) is 1. The van der Waals surface area contributed by atoms with Crippen molar-refractivity contribution in [3.05, 3.63) is 93.0 Å². The summed E-state index contributed by atoms with van der Waals surface area (Å²) in [4.78, 5) is 24.2. The molecule has 0 aliphatic carbocycles. The number of carbonyl (C=O) groups excluding carboxylic acids is 1. The van der Waals surface area contributed by atoms with Crippen LogP contribution >= 0.6 is 23.2 Å². The van der Waals surface area contributed by atoms with Crippen molar-refractivity contribution in [3.8, 4) is 5.75 Å². The summed E-state index contributed by atoms with van der Waals surface area (Å²) in [6.07, 6.45) is 0.692. The number of carboxylic acid groups (broad SMARTS) is 1. The van der Waals surface area contributed by atoms with Crippen LogP contribution in [0.1, 0.15) is 31.8 Å². The molecule has 3 aromatic rings. The Morgan fingerprint density at radius 1 is 1.00 bits per heavy atom. The number of anilines is 1. The highest BCUT2D eigenvalue weighted by atomic mass is 35.5. The molecule has 1 amide bonds. The summed E-state index contributed by atoms with van der Waals surface area (Å²) in [7, 11) is 0. The van der Waals surface area contributed by atoms with Gasteiger partial charge in [0.2, 0.25) is 0 Å². The molecule has 0 unspecified atom stereocenters. The molecule has 30 heavy (non-hydrogen) atoms. The van der Waals surface area contributed by atoms with Gasteiger partial charge in [0.15, 0.2) is 0 Å². The molecule has 0 aromatic heterocycles. The minimum absolute atomic E-state index is 0.0820. The smallest absolute Gasteiger partial charge is 0.337 e. The van der Waals surface area contributed by atoms with Crippen LogP contribution in [0.2, 0.25) is 10.0 Å². The standard InChI is InChI=1S/C23H19Cl2NO4/c1-14-3-2-4-15(11-14)9-10-30-17-6-8-21(19(13-17)23(28)29)26-22(27)18-7-5-16(24)12-20(18)25/h2-8,11-13H,9-10H2,1H3,(H,26,27)(H,28,29). The van der Waals surface area contributed by atoms with Gasteiger partial charge in [0.25, 0.3) is 5.91 Å². The van der Waals surface area contributed by atoms with Crippen molar-refractivity contribution < 1.29 is 19.4 Å². The van der Waals surface area contributed by atoms with Gasteiger partial charge in [-0.05, 0) is 48.9 Å². The van der Waals surface area contributed by atoms with E-state index < -0.39 is 11.9 Å². The number of benzene rings is 3. The molecule has 0 bridgehead atoms. The van der Waals surface area contributed by atoms with E-state index in [1.54, 1.807) is 6.07 Å². The lowest BCUT2D eigenvalue weighted by molar-refractivity contribution is 0.0697. The molecule has 3 aromatic carbocycles. The van der Waals surface area contributed by atoms with Crippen LogP contribution in [0.3, 0.4) is 0 Å². The predicted molar refractivity (Wildman–Crippen MR) is 118 cm³/mol. The van der Waals surface area contributed by atoms with Crippen LogP contribution in [0.5, 0.6) is 5.75 Å². The maximum absolute atomic E-state index is 12.5. The second-order valence-corrected chi connectivity index (χ2v) is 7.52. The largest absolute Gasteiger partial charge is 0.493 e. The zero-order valence-corrected chi connectivity index (χ0v) is 17.6. The molecular weight excluding hydrogens is 425 g/mol. The molecule has 5 nitrogen and oxygen atoms in total. The minimum Gasteiger partial charge on any atom is -0.493 e. The Morgan fingerprint density at radius 3 is 2.50 bits per heavy atom. The minimum atomic E-state index is -1.18. The monoisotopic (exact) mass is 443 g/mol. The van der Waals surface area contributed by atoms with Gasteiger partial charge >= 0.3 is 5.97 Å². The van der Waals surface area contributed by atoms with Crippen molar-refractivity contribution in [2.24, 2.45) is 0 Å². The molecule has 0 saturated carbocycles. The summed E-state index contributed by atoms with van der Waals surface area (Å²) in [5.74, 6) is -1.31. The molecule has 3 rings (SSSR count). The van der Waals surface area contributed by atoms with Gasteiger partial charge in [0.05, 0.1) is 28.4 Å². The summed E-state index contributed by atoms with van der Waals surface area (Å²) in [6, 6.07) is 17.0. The third-order valence-corrected chi connectivity index (χ3v) is 4.94. The summed E-state index contributed by atoms with van der Waals surface area (Å²) < 4.78 is 5.71. The zero-order valence-electron chi connectivity index (χ0n) is 16.1. The summed E-state index contributed by atoms with van der Waals surface area (Å²) >= 11 is 11.9. The maximum Gasteiger partial charge on any atom is 0.337 e. The van der Waals surface area contributed by atoms with Gasteiger partial charge in [-0.25, -0.2) is 4.79 Å². The van der Waals surface area contributed by atoms with Crippen LogP contribution in [0, 0.1) is 6.92 Å². The van der Waals surface area contributed by atoms with E-state index in [2.05, 4.69) is 11.4 Å². The fraction of sp³-hybridized carbons (Fsp3) is 0.130. The van der Waals surface area contributed by atoms with Crippen molar-refractivity contribution in [2.75, 3.05) is 11.9 Å². The van der Waals surface area contributed by atoms with E-state index in [-0.39, 0.29) is 21.8 Å². The summed E-state index contributed by atoms with van der Waals surface area (Å²) in [5, 5.41) is 12.7. The van der Waals surface area contributed by atoms with Crippen molar-refractivity contribution in [1.82, 2.24) is 0 Å². The van der Waals surface area contributed by atoms with Gasteiger partial charge in [0, 0.05) is 11.4 Å². The molecule has 0 spiro atoms. The number of aromatic carboxylic acids is 1. The van der Waals surface area contributed by atoms with Crippen LogP contribution in [-0.4, -0.2) is 23.6 Å². The molecule has 154 valence electrons. The van der Waals surface area contributed by atoms with Crippen molar-refractivity contribution in [3.63, 3.8) is 0 Å². The molecule has 0 fully saturated rings. The Labute approximate surface area is 184 Å². The van der Waals surface area contributed by atoms with Gasteiger partial charge < -0.3 is 15.2 Å². The maximum atomic E-state index is 12.5. The number of aryl methyl sites for hydroxylation is 1. The fourth-order valence-corrected chi connectivity index (χ4v) is 3.41. The van der Waals surface area contributed by atoms with Crippen LogP contribution in [0.25, 0.3) is 0 Å². The van der Waals surface area contributed by atoms with E-state index in [1.165, 1.54) is 35.9 Å². The van der Waals surface area contributed by atoms with Crippen LogP contribution in [0.15, 0.2) is 60.7 Å². The molecule has 0 saturated heterocycles. The van der Waals surface area contributed by atoms with Gasteiger partial charge in [-0.1, -0.05) is 53.0 Å². The van der Waals surface area contributed by atoms with Gasteiger partial charge in [-0.15, -0.1) is 0 Å². The first-order valence-corrected chi connectivity index (χ1v) is 9.91. The number of hydrogen-bond acceptors (Lipinski definition) is 3. The van der Waals surface area contributed by atoms with E-state index in [0.29, 0.717) is 23.8 Å². The third kappa shape index (κ3) is 5.53. The predicted octanol–water partition coefficient (Wildman–Crippen LogP) is 5.87. The quantitative estimate of drug-likeness (QED) is 0.478. The molecule has 0 heterocycles. The Hall–Kier alpha value is -3.02. The zero-order chi connectivity index (χ0) is 21.7. The number of carboxylic acids is 1. The second-order valence-electron chi connectivity index (χ2n) is 6.68. The van der Waals surface area contributed by atoms with Crippen molar-refractivity contribution >= 4 is 40.8 Å². The molecule has 7 heteroatoms. The molecule has 0 radical (unpaired) electrons. The summed E-state index contributed by atoms with van der Waals surface area (Å²) in [6.45, 7) is 2.42. The van der Waals surface area contributed by atoms with E-state index in [1.807, 2.05) is 25.1 Å². The Balaban J connectivity index is 1.71. The molecule has 0 aliphatic heterocycles. The van der Waals surface area contributed by atoms with E-state index >= 15 is 0 Å². The van der Waals surface area contributed by atoms with Gasteiger partial charge in [-0.3, -0.25) is 4.79 Å². The number of nitrogens with one attached hydrogen (secondary N) is 1. The van der Waals surface area contributed by atoms with Gasteiger partial charge in [-0.2, -0.15) is 0 Å². The first-order chi connectivity index (χ1) is 14.3. The number of rotatable bonds is 7. The molecular formula is C23H19Cl2NO4. The fourth-order valence-electron chi connectivity index (χ4n) is 2.92. The van der Waals surface area contributed by atoms with E-state index in [9.17, 15) is 14.7 Å². The Bertz CT molecular complexity index is 1100. The third-order valence-electron chi connectivity index (χ3n) is 4.39. The lowest BCUT2D eigenvalue weighted by Crippen LogP contribution is -2.15. The van der Waals surface area contributed by atoms with Gasteiger partial charge in [0.1, 0.15) is 5.75 Å². The summed E-state index contributed by atoms with van der Waals surface area (Å²) in [5.41, 5.74) is 2.56. The van der Waals surface area contributed by atoms with Crippen molar-refractivity contribution in [2.45, 2.75) is 13.3 Å². The van der Waals surface area contributed by atoms with Crippen LogP contribution in [-0.2, 0) is 6.42 Å². The number of halogens is 2. The topological polar surface area (TPSA) is 75.6 Å². The Kier molecular flexibility index (Phi) is 6.98. The average molecular weight is 444 g/mol. The molecule has 2 N–H and O–H groups in total. The molecule has 0 atom stereocenters.